The van der Waals surface area contributed by atoms with Gasteiger partial charge in [0.2, 0.25) is 0 Å². The summed E-state index contributed by atoms with van der Waals surface area (Å²) < 4.78 is 1.87. The van der Waals surface area contributed by atoms with Crippen molar-refractivity contribution in [1.82, 2.24) is 15.1 Å². The van der Waals surface area contributed by atoms with Crippen molar-refractivity contribution in [3.05, 3.63) is 39.8 Å². The molecule has 2 rings (SSSR count). The summed E-state index contributed by atoms with van der Waals surface area (Å²) in [7, 11) is 1.97. The molecular weight excluding hydrogens is 254 g/mol. The van der Waals surface area contributed by atoms with Crippen LogP contribution in [0.2, 0.25) is 0 Å². The lowest BCUT2D eigenvalue weighted by Gasteiger charge is -2.16. The van der Waals surface area contributed by atoms with E-state index in [-0.39, 0.29) is 0 Å². The highest BCUT2D eigenvalue weighted by molar-refractivity contribution is 7.12. The lowest BCUT2D eigenvalue weighted by Crippen LogP contribution is -2.23. The van der Waals surface area contributed by atoms with Gasteiger partial charge in [-0.1, -0.05) is 13.8 Å². The van der Waals surface area contributed by atoms with Gasteiger partial charge in [0.25, 0.3) is 0 Å². The summed E-state index contributed by atoms with van der Waals surface area (Å²) in [6, 6.07) is 4.94. The van der Waals surface area contributed by atoms with Gasteiger partial charge in [-0.25, -0.2) is 0 Å². The standard InChI is InChI=1S/C15H23N3S/c1-4-8-16-14(9-12-10-17-18(3)11-12)15-7-6-13(5-2)19-15/h6-7,10-11,14,16H,4-5,8-9H2,1-3H3. The molecule has 0 saturated heterocycles. The molecule has 2 aromatic heterocycles. The van der Waals surface area contributed by atoms with E-state index >= 15 is 0 Å². The van der Waals surface area contributed by atoms with Crippen molar-refractivity contribution in [2.24, 2.45) is 7.05 Å². The number of aryl methyl sites for hydroxylation is 2. The molecule has 3 nitrogen and oxygen atoms in total. The van der Waals surface area contributed by atoms with Gasteiger partial charge in [0, 0.05) is 29.0 Å². The minimum absolute atomic E-state index is 0.412. The molecule has 0 radical (unpaired) electrons. The van der Waals surface area contributed by atoms with E-state index in [4.69, 9.17) is 0 Å². The SMILES string of the molecule is CCCNC(Cc1cnn(C)c1)c1ccc(CC)s1. The monoisotopic (exact) mass is 277 g/mol. The smallest absolute Gasteiger partial charge is 0.0522 e. The van der Waals surface area contributed by atoms with Crippen LogP contribution in [-0.2, 0) is 19.9 Å². The van der Waals surface area contributed by atoms with Gasteiger partial charge in [0.1, 0.15) is 0 Å². The van der Waals surface area contributed by atoms with Crippen LogP contribution in [0.1, 0.15) is 41.6 Å². The number of hydrogen-bond acceptors (Lipinski definition) is 3. The van der Waals surface area contributed by atoms with Crippen LogP contribution in [0.3, 0.4) is 0 Å². The molecule has 1 N–H and O–H groups in total. The predicted molar refractivity (Wildman–Crippen MR) is 81.6 cm³/mol. The molecule has 0 aliphatic carbocycles. The second kappa shape index (κ2) is 6.87. The highest BCUT2D eigenvalue weighted by atomic mass is 32.1. The van der Waals surface area contributed by atoms with E-state index in [1.165, 1.54) is 15.3 Å². The number of rotatable bonds is 7. The Labute approximate surface area is 119 Å². The fraction of sp³-hybridized carbons (Fsp3) is 0.533. The maximum absolute atomic E-state index is 4.26. The Hall–Kier alpha value is -1.13. The van der Waals surface area contributed by atoms with Crippen molar-refractivity contribution in [1.29, 1.82) is 0 Å². The van der Waals surface area contributed by atoms with Crippen LogP contribution >= 0.6 is 11.3 Å². The summed E-state index contributed by atoms with van der Waals surface area (Å²) in [5, 5.41) is 7.91. The number of aromatic nitrogens is 2. The average molecular weight is 277 g/mol. The van der Waals surface area contributed by atoms with Crippen LogP contribution in [-0.4, -0.2) is 16.3 Å². The Morgan fingerprint density at radius 3 is 2.79 bits per heavy atom. The zero-order valence-corrected chi connectivity index (χ0v) is 12.8. The normalized spacial score (nSPS) is 12.8. The predicted octanol–water partition coefficient (Wildman–Crippen LogP) is 3.33. The summed E-state index contributed by atoms with van der Waals surface area (Å²) in [6.45, 7) is 5.48. The molecule has 0 aliphatic rings. The zero-order chi connectivity index (χ0) is 13.7. The van der Waals surface area contributed by atoms with Crippen LogP contribution in [0.25, 0.3) is 0 Å². The Morgan fingerprint density at radius 1 is 1.37 bits per heavy atom. The second-order valence-electron chi connectivity index (χ2n) is 4.89. The van der Waals surface area contributed by atoms with Gasteiger partial charge < -0.3 is 5.32 Å². The third kappa shape index (κ3) is 3.91. The molecule has 1 unspecified atom stereocenters. The highest BCUT2D eigenvalue weighted by Gasteiger charge is 2.14. The third-order valence-electron chi connectivity index (χ3n) is 3.21. The first-order valence-electron chi connectivity index (χ1n) is 7.02. The molecule has 0 bridgehead atoms. The van der Waals surface area contributed by atoms with Gasteiger partial charge in [-0.2, -0.15) is 5.10 Å². The van der Waals surface area contributed by atoms with Crippen molar-refractivity contribution in [2.45, 2.75) is 39.2 Å². The summed E-state index contributed by atoms with van der Waals surface area (Å²) in [6.07, 6.45) is 7.37. The molecule has 0 fully saturated rings. The average Bonchev–Trinajstić information content (AvgIpc) is 3.03. The largest absolute Gasteiger partial charge is 0.309 e. The summed E-state index contributed by atoms with van der Waals surface area (Å²) >= 11 is 1.93. The summed E-state index contributed by atoms with van der Waals surface area (Å²) in [5.74, 6) is 0. The topological polar surface area (TPSA) is 29.9 Å². The first-order valence-corrected chi connectivity index (χ1v) is 7.84. The number of hydrogen-bond donors (Lipinski definition) is 1. The van der Waals surface area contributed by atoms with Gasteiger partial charge in [-0.15, -0.1) is 11.3 Å². The van der Waals surface area contributed by atoms with E-state index in [0.29, 0.717) is 6.04 Å². The third-order valence-corrected chi connectivity index (χ3v) is 4.56. The van der Waals surface area contributed by atoms with Crippen LogP contribution in [0.15, 0.2) is 24.5 Å². The molecule has 0 aromatic carbocycles. The van der Waals surface area contributed by atoms with Gasteiger partial charge in [-0.05, 0) is 43.5 Å². The van der Waals surface area contributed by atoms with E-state index in [0.717, 1.165) is 25.8 Å². The molecule has 19 heavy (non-hydrogen) atoms. The first kappa shape index (κ1) is 14.3. The van der Waals surface area contributed by atoms with Crippen LogP contribution < -0.4 is 5.32 Å². The number of nitrogens with zero attached hydrogens (tertiary/aromatic N) is 2. The van der Waals surface area contributed by atoms with Gasteiger partial charge in [-0.3, -0.25) is 4.68 Å². The minimum Gasteiger partial charge on any atom is -0.309 e. The summed E-state index contributed by atoms with van der Waals surface area (Å²) in [4.78, 5) is 2.90. The Balaban J connectivity index is 2.10. The fourth-order valence-corrected chi connectivity index (χ4v) is 3.20. The van der Waals surface area contributed by atoms with Crippen molar-refractivity contribution in [3.8, 4) is 0 Å². The van der Waals surface area contributed by atoms with Gasteiger partial charge >= 0.3 is 0 Å². The molecule has 0 amide bonds. The molecule has 0 aliphatic heterocycles. The molecule has 0 saturated carbocycles. The van der Waals surface area contributed by atoms with Crippen molar-refractivity contribution in [2.75, 3.05) is 6.54 Å². The van der Waals surface area contributed by atoms with Gasteiger partial charge in [0.05, 0.1) is 6.20 Å². The summed E-state index contributed by atoms with van der Waals surface area (Å²) in [5.41, 5.74) is 1.29. The van der Waals surface area contributed by atoms with E-state index in [1.807, 2.05) is 29.3 Å². The first-order chi connectivity index (χ1) is 9.22. The molecular formula is C15H23N3S. The lowest BCUT2D eigenvalue weighted by molar-refractivity contribution is 0.536. The van der Waals surface area contributed by atoms with Crippen molar-refractivity contribution >= 4 is 11.3 Å². The molecule has 0 spiro atoms. The second-order valence-corrected chi connectivity index (χ2v) is 6.09. The molecule has 104 valence electrons. The Morgan fingerprint density at radius 2 is 2.21 bits per heavy atom. The van der Waals surface area contributed by atoms with E-state index in [9.17, 15) is 0 Å². The number of thiophene rings is 1. The lowest BCUT2D eigenvalue weighted by atomic mass is 10.1. The van der Waals surface area contributed by atoms with Crippen molar-refractivity contribution in [3.63, 3.8) is 0 Å². The molecule has 4 heteroatoms. The van der Waals surface area contributed by atoms with Crippen molar-refractivity contribution < 1.29 is 0 Å². The highest BCUT2D eigenvalue weighted by Crippen LogP contribution is 2.26. The number of nitrogens with one attached hydrogen (secondary N) is 1. The quantitative estimate of drug-likeness (QED) is 0.841. The van der Waals surface area contributed by atoms with E-state index in [1.54, 1.807) is 0 Å². The Kier molecular flexibility index (Phi) is 5.16. The fourth-order valence-electron chi connectivity index (χ4n) is 2.18. The van der Waals surface area contributed by atoms with Crippen LogP contribution in [0, 0.1) is 0 Å². The van der Waals surface area contributed by atoms with Crippen LogP contribution in [0.4, 0.5) is 0 Å². The molecule has 2 heterocycles. The maximum Gasteiger partial charge on any atom is 0.0522 e. The van der Waals surface area contributed by atoms with E-state index < -0.39 is 0 Å². The van der Waals surface area contributed by atoms with Crippen LogP contribution in [0.5, 0.6) is 0 Å². The Bertz CT molecular complexity index is 501. The van der Waals surface area contributed by atoms with Gasteiger partial charge in [0.15, 0.2) is 0 Å². The molecule has 2 aromatic rings. The molecule has 1 atom stereocenters. The minimum atomic E-state index is 0.412. The van der Waals surface area contributed by atoms with E-state index in [2.05, 4.69) is 42.6 Å². The zero-order valence-electron chi connectivity index (χ0n) is 12.0. The maximum atomic E-state index is 4.26.